The van der Waals surface area contributed by atoms with Gasteiger partial charge in [-0.2, -0.15) is 0 Å². The number of benzene rings is 1. The molecule has 0 atom stereocenters. The van der Waals surface area contributed by atoms with Crippen molar-refractivity contribution in [3.05, 3.63) is 29.1 Å². The van der Waals surface area contributed by atoms with Crippen LogP contribution in [-0.2, 0) is 0 Å². The quantitative estimate of drug-likeness (QED) is 0.503. The largest absolute Gasteiger partial charge is 0.379 e. The van der Waals surface area contributed by atoms with E-state index in [1.54, 1.807) is 0 Å². The first-order valence-electron chi connectivity index (χ1n) is 6.20. The van der Waals surface area contributed by atoms with Crippen LogP contribution in [0.25, 0.3) is 0 Å². The van der Waals surface area contributed by atoms with Crippen molar-refractivity contribution in [3.8, 4) is 0 Å². The molecule has 3 nitrogen and oxygen atoms in total. The Bertz CT molecular complexity index is 459. The summed E-state index contributed by atoms with van der Waals surface area (Å²) in [5.74, 6) is -9.68. The Morgan fingerprint density at radius 2 is 1.35 bits per heavy atom. The molecule has 1 aromatic carbocycles. The zero-order chi connectivity index (χ0) is 14.7. The van der Waals surface area contributed by atoms with E-state index in [1.165, 1.54) is 0 Å². The number of rotatable bonds is 4. The lowest BCUT2D eigenvalue weighted by molar-refractivity contribution is 0.249. The summed E-state index contributed by atoms with van der Waals surface area (Å²) in [7, 11) is 0. The molecule has 0 saturated carbocycles. The third-order valence-corrected chi connectivity index (χ3v) is 3.15. The van der Waals surface area contributed by atoms with Crippen LogP contribution in [0.5, 0.6) is 0 Å². The third kappa shape index (κ3) is 3.01. The van der Waals surface area contributed by atoms with Crippen LogP contribution in [0.2, 0.25) is 0 Å². The summed E-state index contributed by atoms with van der Waals surface area (Å²) < 4.78 is 65.5. The van der Waals surface area contributed by atoms with Gasteiger partial charge in [0.2, 0.25) is 5.82 Å². The minimum absolute atomic E-state index is 0.0956. The summed E-state index contributed by atoms with van der Waals surface area (Å²) in [6.45, 7) is 3.72. The number of anilines is 1. The van der Waals surface area contributed by atoms with Gasteiger partial charge in [-0.25, -0.2) is 22.0 Å². The second-order valence-electron chi connectivity index (χ2n) is 4.46. The van der Waals surface area contributed by atoms with Crippen LogP contribution in [0.4, 0.5) is 27.6 Å². The smallest absolute Gasteiger partial charge is 0.200 e. The van der Waals surface area contributed by atoms with Crippen molar-refractivity contribution in [2.24, 2.45) is 0 Å². The molecule has 0 aromatic heterocycles. The lowest BCUT2D eigenvalue weighted by Gasteiger charge is -2.27. The molecule has 0 amide bonds. The highest BCUT2D eigenvalue weighted by molar-refractivity contribution is 5.47. The maximum Gasteiger partial charge on any atom is 0.200 e. The van der Waals surface area contributed by atoms with E-state index in [0.717, 1.165) is 26.2 Å². The van der Waals surface area contributed by atoms with Crippen LogP contribution in [0.3, 0.4) is 0 Å². The van der Waals surface area contributed by atoms with Gasteiger partial charge < -0.3 is 10.6 Å². The maximum atomic E-state index is 13.4. The Morgan fingerprint density at radius 1 is 0.850 bits per heavy atom. The van der Waals surface area contributed by atoms with Gasteiger partial charge in [-0.05, 0) is 0 Å². The van der Waals surface area contributed by atoms with Gasteiger partial charge in [0.1, 0.15) is 5.69 Å². The number of hydrogen-bond acceptors (Lipinski definition) is 3. The molecule has 2 rings (SSSR count). The van der Waals surface area contributed by atoms with Gasteiger partial charge in [0, 0.05) is 39.3 Å². The molecule has 1 saturated heterocycles. The zero-order valence-electron chi connectivity index (χ0n) is 10.6. The Hall–Kier alpha value is -1.41. The number of piperazine rings is 1. The second-order valence-corrected chi connectivity index (χ2v) is 4.46. The Labute approximate surface area is 112 Å². The fourth-order valence-corrected chi connectivity index (χ4v) is 2.03. The molecule has 2 N–H and O–H groups in total. The first-order chi connectivity index (χ1) is 9.52. The first-order valence-corrected chi connectivity index (χ1v) is 6.20. The topological polar surface area (TPSA) is 27.3 Å². The van der Waals surface area contributed by atoms with E-state index >= 15 is 0 Å². The van der Waals surface area contributed by atoms with Gasteiger partial charge in [0.25, 0.3) is 0 Å². The standard InChI is InChI=1S/C12H14F5N3/c13-7-8(14)10(16)12(11(17)9(7)15)19-3-6-20-4-1-18-2-5-20/h18-19H,1-6H2. The molecule has 1 aromatic rings. The monoisotopic (exact) mass is 295 g/mol. The minimum Gasteiger partial charge on any atom is -0.379 e. The predicted molar refractivity (Wildman–Crippen MR) is 64.0 cm³/mol. The molecule has 112 valence electrons. The van der Waals surface area contributed by atoms with E-state index in [2.05, 4.69) is 10.6 Å². The van der Waals surface area contributed by atoms with Crippen molar-refractivity contribution in [3.63, 3.8) is 0 Å². The van der Waals surface area contributed by atoms with Gasteiger partial charge in [-0.1, -0.05) is 0 Å². The van der Waals surface area contributed by atoms with Crippen molar-refractivity contribution in [1.29, 1.82) is 0 Å². The van der Waals surface area contributed by atoms with E-state index in [0.29, 0.717) is 6.54 Å². The SMILES string of the molecule is Fc1c(F)c(F)c(NCCN2CCNCC2)c(F)c1F. The molecule has 1 aliphatic heterocycles. The summed E-state index contributed by atoms with van der Waals surface area (Å²) in [6, 6.07) is 0. The number of halogens is 5. The van der Waals surface area contributed by atoms with Gasteiger partial charge in [0.05, 0.1) is 0 Å². The summed E-state index contributed by atoms with van der Waals surface area (Å²) in [5.41, 5.74) is -0.975. The van der Waals surface area contributed by atoms with Crippen molar-refractivity contribution in [1.82, 2.24) is 10.2 Å². The van der Waals surface area contributed by atoms with Crippen LogP contribution in [0, 0.1) is 29.1 Å². The fraction of sp³-hybridized carbons (Fsp3) is 0.500. The van der Waals surface area contributed by atoms with Gasteiger partial charge in [0.15, 0.2) is 23.3 Å². The van der Waals surface area contributed by atoms with E-state index in [1.807, 2.05) is 4.90 Å². The second kappa shape index (κ2) is 6.36. The van der Waals surface area contributed by atoms with E-state index in [4.69, 9.17) is 0 Å². The molecule has 1 aliphatic rings. The van der Waals surface area contributed by atoms with Gasteiger partial charge in [-0.15, -0.1) is 0 Å². The highest BCUT2D eigenvalue weighted by atomic mass is 19.2. The number of nitrogens with zero attached hydrogens (tertiary/aromatic N) is 1. The Morgan fingerprint density at radius 3 is 1.90 bits per heavy atom. The average molecular weight is 295 g/mol. The molecule has 0 radical (unpaired) electrons. The molecule has 1 heterocycles. The lowest BCUT2D eigenvalue weighted by atomic mass is 10.2. The molecule has 8 heteroatoms. The minimum atomic E-state index is -2.15. The predicted octanol–water partition coefficient (Wildman–Crippen LogP) is 1.70. The molecule has 20 heavy (non-hydrogen) atoms. The van der Waals surface area contributed by atoms with E-state index in [9.17, 15) is 22.0 Å². The summed E-state index contributed by atoms with van der Waals surface area (Å²) in [4.78, 5) is 2.02. The van der Waals surface area contributed by atoms with Crippen LogP contribution >= 0.6 is 0 Å². The van der Waals surface area contributed by atoms with Crippen molar-refractivity contribution in [2.75, 3.05) is 44.6 Å². The van der Waals surface area contributed by atoms with Crippen LogP contribution in [0.1, 0.15) is 0 Å². The van der Waals surface area contributed by atoms with Crippen LogP contribution in [-0.4, -0.2) is 44.2 Å². The molecule has 0 spiro atoms. The first kappa shape index (κ1) is 15.0. The molecule has 0 aliphatic carbocycles. The van der Waals surface area contributed by atoms with Crippen LogP contribution < -0.4 is 10.6 Å². The molecule has 1 fully saturated rings. The highest BCUT2D eigenvalue weighted by Crippen LogP contribution is 2.26. The normalized spacial score (nSPS) is 16.4. The van der Waals surface area contributed by atoms with Gasteiger partial charge >= 0.3 is 0 Å². The Kier molecular flexibility index (Phi) is 4.77. The third-order valence-electron chi connectivity index (χ3n) is 3.15. The zero-order valence-corrected chi connectivity index (χ0v) is 10.6. The average Bonchev–Trinajstić information content (AvgIpc) is 2.48. The fourth-order valence-electron chi connectivity index (χ4n) is 2.03. The van der Waals surface area contributed by atoms with E-state index < -0.39 is 34.8 Å². The van der Waals surface area contributed by atoms with Gasteiger partial charge in [-0.3, -0.25) is 4.90 Å². The molecule has 0 unspecified atom stereocenters. The van der Waals surface area contributed by atoms with Crippen molar-refractivity contribution < 1.29 is 22.0 Å². The Balaban J connectivity index is 2.02. The summed E-state index contributed by atoms with van der Waals surface area (Å²) in [6.07, 6.45) is 0. The highest BCUT2D eigenvalue weighted by Gasteiger charge is 2.25. The molecular weight excluding hydrogens is 281 g/mol. The molecular formula is C12H14F5N3. The maximum absolute atomic E-state index is 13.4. The van der Waals surface area contributed by atoms with E-state index in [-0.39, 0.29) is 6.54 Å². The van der Waals surface area contributed by atoms with Crippen LogP contribution in [0.15, 0.2) is 0 Å². The number of hydrogen-bond donors (Lipinski definition) is 2. The van der Waals surface area contributed by atoms with Crippen molar-refractivity contribution >= 4 is 5.69 Å². The summed E-state index contributed by atoms with van der Waals surface area (Å²) >= 11 is 0. The van der Waals surface area contributed by atoms with Crippen molar-refractivity contribution in [2.45, 2.75) is 0 Å². The summed E-state index contributed by atoms with van der Waals surface area (Å²) in [5, 5.41) is 5.42. The number of nitrogens with one attached hydrogen (secondary N) is 2. The lowest BCUT2D eigenvalue weighted by Crippen LogP contribution is -2.45. The molecule has 0 bridgehead atoms.